The number of hydrogen-bond donors (Lipinski definition) is 2. The first-order chi connectivity index (χ1) is 9.90. The van der Waals surface area contributed by atoms with Crippen LogP contribution in [0.4, 0.5) is 11.4 Å². The van der Waals surface area contributed by atoms with Crippen molar-refractivity contribution in [2.24, 2.45) is 0 Å². The smallest absolute Gasteiger partial charge is 0.288 e. The molecular formula is C14H11ClN2O4. The summed E-state index contributed by atoms with van der Waals surface area (Å²) in [5.74, 6) is -0.551. The SMILES string of the molecule is Cc1ccc(NC(=O)c2cccc([N+](=O)[O-])c2Cl)cc1O. The van der Waals surface area contributed by atoms with Gasteiger partial charge in [0, 0.05) is 17.8 Å². The van der Waals surface area contributed by atoms with E-state index in [0.29, 0.717) is 11.3 Å². The van der Waals surface area contributed by atoms with Gasteiger partial charge in [0.2, 0.25) is 0 Å². The second-order valence-electron chi connectivity index (χ2n) is 4.35. The van der Waals surface area contributed by atoms with Crippen molar-refractivity contribution in [3.05, 3.63) is 62.7 Å². The number of rotatable bonds is 3. The van der Waals surface area contributed by atoms with Crippen LogP contribution in [0.25, 0.3) is 0 Å². The third kappa shape index (κ3) is 3.11. The van der Waals surface area contributed by atoms with Crippen molar-refractivity contribution in [3.63, 3.8) is 0 Å². The lowest BCUT2D eigenvalue weighted by molar-refractivity contribution is -0.384. The van der Waals surface area contributed by atoms with Crippen molar-refractivity contribution in [2.45, 2.75) is 6.92 Å². The zero-order chi connectivity index (χ0) is 15.6. The standard InChI is InChI=1S/C14H11ClN2O4/c1-8-5-6-9(7-12(8)18)16-14(19)10-3-2-4-11(13(10)15)17(20)21/h2-7,18H,1H3,(H,16,19). The maximum Gasteiger partial charge on any atom is 0.288 e. The van der Waals surface area contributed by atoms with Gasteiger partial charge in [0.15, 0.2) is 0 Å². The van der Waals surface area contributed by atoms with E-state index in [2.05, 4.69) is 5.32 Å². The Morgan fingerprint density at radius 1 is 1.33 bits per heavy atom. The van der Waals surface area contributed by atoms with E-state index in [1.165, 1.54) is 24.3 Å². The number of carbonyl (C=O) groups is 1. The quantitative estimate of drug-likeness (QED) is 0.670. The Kier molecular flexibility index (Phi) is 4.09. The summed E-state index contributed by atoms with van der Waals surface area (Å²) < 4.78 is 0. The van der Waals surface area contributed by atoms with Crippen molar-refractivity contribution in [1.29, 1.82) is 0 Å². The van der Waals surface area contributed by atoms with Crippen LogP contribution in [0.15, 0.2) is 36.4 Å². The second kappa shape index (κ2) is 5.80. The number of anilines is 1. The maximum absolute atomic E-state index is 12.1. The maximum atomic E-state index is 12.1. The number of amides is 1. The van der Waals surface area contributed by atoms with Crippen LogP contribution < -0.4 is 5.32 Å². The first kappa shape index (κ1) is 14.8. The molecule has 108 valence electrons. The van der Waals surface area contributed by atoms with Crippen LogP contribution in [0, 0.1) is 17.0 Å². The van der Waals surface area contributed by atoms with Crippen LogP contribution in [0.2, 0.25) is 5.02 Å². The number of aryl methyl sites for hydroxylation is 1. The molecule has 2 N–H and O–H groups in total. The van der Waals surface area contributed by atoms with Gasteiger partial charge in [0.1, 0.15) is 10.8 Å². The van der Waals surface area contributed by atoms with E-state index >= 15 is 0 Å². The highest BCUT2D eigenvalue weighted by Crippen LogP contribution is 2.28. The van der Waals surface area contributed by atoms with Crippen LogP contribution in [0.3, 0.4) is 0 Å². The molecule has 7 heteroatoms. The molecule has 0 aliphatic rings. The van der Waals surface area contributed by atoms with Gasteiger partial charge in [-0.05, 0) is 24.6 Å². The third-order valence-electron chi connectivity index (χ3n) is 2.89. The van der Waals surface area contributed by atoms with Crippen molar-refractivity contribution in [1.82, 2.24) is 0 Å². The van der Waals surface area contributed by atoms with Gasteiger partial charge in [-0.1, -0.05) is 23.7 Å². The van der Waals surface area contributed by atoms with E-state index in [1.807, 2.05) is 0 Å². The van der Waals surface area contributed by atoms with Gasteiger partial charge in [0.25, 0.3) is 11.6 Å². The summed E-state index contributed by atoms with van der Waals surface area (Å²) in [4.78, 5) is 22.2. The Bertz CT molecular complexity index is 731. The highest BCUT2D eigenvalue weighted by molar-refractivity contribution is 6.36. The number of aromatic hydroxyl groups is 1. The monoisotopic (exact) mass is 306 g/mol. The normalized spacial score (nSPS) is 10.2. The molecule has 0 saturated carbocycles. The van der Waals surface area contributed by atoms with Gasteiger partial charge in [0.05, 0.1) is 10.5 Å². The Balaban J connectivity index is 2.30. The largest absolute Gasteiger partial charge is 0.508 e. The first-order valence-corrected chi connectivity index (χ1v) is 6.32. The van der Waals surface area contributed by atoms with Crippen molar-refractivity contribution >= 4 is 28.9 Å². The lowest BCUT2D eigenvalue weighted by Crippen LogP contribution is -2.13. The fourth-order valence-electron chi connectivity index (χ4n) is 1.72. The summed E-state index contributed by atoms with van der Waals surface area (Å²) >= 11 is 5.87. The van der Waals surface area contributed by atoms with Crippen molar-refractivity contribution in [3.8, 4) is 5.75 Å². The summed E-state index contributed by atoms with van der Waals surface area (Å²) in [6.45, 7) is 1.72. The molecular weight excluding hydrogens is 296 g/mol. The molecule has 0 aliphatic heterocycles. The zero-order valence-electron chi connectivity index (χ0n) is 11.0. The van der Waals surface area contributed by atoms with Crippen LogP contribution in [-0.2, 0) is 0 Å². The van der Waals surface area contributed by atoms with Gasteiger partial charge >= 0.3 is 0 Å². The number of hydrogen-bond acceptors (Lipinski definition) is 4. The minimum atomic E-state index is -0.656. The molecule has 0 spiro atoms. The number of nitro benzene ring substituents is 1. The minimum Gasteiger partial charge on any atom is -0.508 e. The summed E-state index contributed by atoms with van der Waals surface area (Å²) in [5.41, 5.74) is 0.689. The minimum absolute atomic E-state index is 0.00840. The molecule has 0 saturated heterocycles. The molecule has 2 aromatic carbocycles. The molecule has 2 aromatic rings. The number of phenolic OH excluding ortho intramolecular Hbond substituents is 1. The second-order valence-corrected chi connectivity index (χ2v) is 4.73. The van der Waals surface area contributed by atoms with Gasteiger partial charge in [-0.25, -0.2) is 0 Å². The molecule has 1 amide bonds. The predicted molar refractivity (Wildman–Crippen MR) is 78.9 cm³/mol. The molecule has 2 rings (SSSR count). The van der Waals surface area contributed by atoms with E-state index in [-0.39, 0.29) is 22.0 Å². The van der Waals surface area contributed by atoms with Gasteiger partial charge in [-0.3, -0.25) is 14.9 Å². The molecule has 0 unspecified atom stereocenters. The van der Waals surface area contributed by atoms with Crippen molar-refractivity contribution < 1.29 is 14.8 Å². The van der Waals surface area contributed by atoms with E-state index < -0.39 is 10.8 Å². The fraction of sp³-hybridized carbons (Fsp3) is 0.0714. The highest BCUT2D eigenvalue weighted by atomic mass is 35.5. The molecule has 0 aromatic heterocycles. The number of carbonyl (C=O) groups excluding carboxylic acids is 1. The molecule has 0 heterocycles. The fourth-order valence-corrected chi connectivity index (χ4v) is 2.00. The summed E-state index contributed by atoms with van der Waals surface area (Å²) in [7, 11) is 0. The molecule has 6 nitrogen and oxygen atoms in total. The number of nitrogens with one attached hydrogen (secondary N) is 1. The molecule has 21 heavy (non-hydrogen) atoms. The number of nitro groups is 1. The van der Waals surface area contributed by atoms with Gasteiger partial charge < -0.3 is 10.4 Å². The Morgan fingerprint density at radius 2 is 2.05 bits per heavy atom. The number of halogens is 1. The average Bonchev–Trinajstić information content (AvgIpc) is 2.42. The van der Waals surface area contributed by atoms with Crippen LogP contribution in [0.5, 0.6) is 5.75 Å². The average molecular weight is 307 g/mol. The Labute approximate surface area is 125 Å². The third-order valence-corrected chi connectivity index (χ3v) is 3.28. The summed E-state index contributed by atoms with van der Waals surface area (Å²) in [5, 5.41) is 22.7. The van der Waals surface area contributed by atoms with Crippen molar-refractivity contribution in [2.75, 3.05) is 5.32 Å². The van der Waals surface area contributed by atoms with Crippen LogP contribution in [0.1, 0.15) is 15.9 Å². The molecule has 0 aliphatic carbocycles. The van der Waals surface area contributed by atoms with E-state index in [4.69, 9.17) is 11.6 Å². The summed E-state index contributed by atoms with van der Waals surface area (Å²) in [6.07, 6.45) is 0. The number of phenols is 1. The van der Waals surface area contributed by atoms with Crippen LogP contribution >= 0.6 is 11.6 Å². The Morgan fingerprint density at radius 3 is 2.67 bits per heavy atom. The predicted octanol–water partition coefficient (Wildman–Crippen LogP) is 3.51. The van der Waals surface area contributed by atoms with E-state index in [9.17, 15) is 20.0 Å². The zero-order valence-corrected chi connectivity index (χ0v) is 11.7. The summed E-state index contributed by atoms with van der Waals surface area (Å²) in [6, 6.07) is 8.62. The molecule has 0 radical (unpaired) electrons. The lowest BCUT2D eigenvalue weighted by Gasteiger charge is -2.08. The first-order valence-electron chi connectivity index (χ1n) is 5.94. The van der Waals surface area contributed by atoms with Gasteiger partial charge in [-0.15, -0.1) is 0 Å². The molecule has 0 fully saturated rings. The number of nitrogens with zero attached hydrogens (tertiary/aromatic N) is 1. The van der Waals surface area contributed by atoms with E-state index in [1.54, 1.807) is 19.1 Å². The van der Waals surface area contributed by atoms with E-state index in [0.717, 1.165) is 0 Å². The lowest BCUT2D eigenvalue weighted by atomic mass is 10.1. The topological polar surface area (TPSA) is 92.5 Å². The van der Waals surface area contributed by atoms with Crippen LogP contribution in [-0.4, -0.2) is 15.9 Å². The molecule has 0 atom stereocenters. The Hall–Kier alpha value is -2.60. The van der Waals surface area contributed by atoms with Gasteiger partial charge in [-0.2, -0.15) is 0 Å². The number of benzene rings is 2. The molecule has 0 bridgehead atoms. The highest BCUT2D eigenvalue weighted by Gasteiger charge is 2.20.